The van der Waals surface area contributed by atoms with Gasteiger partial charge in [0.25, 0.3) is 5.91 Å². The zero-order valence-corrected chi connectivity index (χ0v) is 16.6. The van der Waals surface area contributed by atoms with Crippen molar-refractivity contribution in [3.8, 4) is 23.0 Å². The number of nitrogens with one attached hydrogen (secondary N) is 1. The number of hydrogen-bond acceptors (Lipinski definition) is 7. The van der Waals surface area contributed by atoms with E-state index in [9.17, 15) is 9.59 Å². The molecule has 2 aromatic rings. The van der Waals surface area contributed by atoms with Crippen molar-refractivity contribution in [3.63, 3.8) is 0 Å². The minimum atomic E-state index is -0.749. The number of ether oxygens (including phenoxy) is 5. The zero-order valence-electron chi connectivity index (χ0n) is 15.8. The van der Waals surface area contributed by atoms with Crippen LogP contribution in [0.5, 0.6) is 23.0 Å². The summed E-state index contributed by atoms with van der Waals surface area (Å²) in [7, 11) is 5.79. The molecule has 0 aliphatic rings. The van der Waals surface area contributed by atoms with Crippen LogP contribution in [0.15, 0.2) is 30.3 Å². The van der Waals surface area contributed by atoms with Gasteiger partial charge in [-0.15, -0.1) is 0 Å². The summed E-state index contributed by atoms with van der Waals surface area (Å²) >= 11 is 6.01. The van der Waals surface area contributed by atoms with Gasteiger partial charge in [-0.2, -0.15) is 0 Å². The minimum absolute atomic E-state index is 0.0976. The molecule has 1 N–H and O–H groups in total. The molecular formula is C19H20ClNO7. The van der Waals surface area contributed by atoms with Crippen LogP contribution >= 0.6 is 11.6 Å². The fraction of sp³-hybridized carbons (Fsp3) is 0.263. The first kappa shape index (κ1) is 21.2. The molecule has 1 amide bonds. The molecule has 0 heterocycles. The van der Waals surface area contributed by atoms with E-state index in [4.69, 9.17) is 35.3 Å². The number of hydrogen-bond donors (Lipinski definition) is 1. The molecule has 0 unspecified atom stereocenters. The number of methoxy groups -OCH3 is 4. The number of halogens is 1. The van der Waals surface area contributed by atoms with Crippen LogP contribution in [0.25, 0.3) is 0 Å². The second kappa shape index (κ2) is 9.70. The first-order valence-corrected chi connectivity index (χ1v) is 8.41. The molecule has 0 aliphatic carbocycles. The third kappa shape index (κ3) is 4.98. The van der Waals surface area contributed by atoms with Crippen molar-refractivity contribution in [1.29, 1.82) is 0 Å². The Hall–Kier alpha value is -3.13. The molecule has 0 bridgehead atoms. The maximum Gasteiger partial charge on any atom is 0.342 e. The number of anilines is 1. The molecule has 0 aliphatic heterocycles. The van der Waals surface area contributed by atoms with E-state index in [1.54, 1.807) is 12.1 Å². The van der Waals surface area contributed by atoms with E-state index >= 15 is 0 Å². The fourth-order valence-electron chi connectivity index (χ4n) is 2.34. The monoisotopic (exact) mass is 409 g/mol. The Morgan fingerprint density at radius 1 is 0.857 bits per heavy atom. The lowest BCUT2D eigenvalue weighted by atomic mass is 10.1. The van der Waals surface area contributed by atoms with Gasteiger partial charge in [-0.05, 0) is 18.2 Å². The summed E-state index contributed by atoms with van der Waals surface area (Å²) in [6, 6.07) is 7.66. The van der Waals surface area contributed by atoms with Crippen LogP contribution in [0.3, 0.4) is 0 Å². The van der Waals surface area contributed by atoms with Gasteiger partial charge >= 0.3 is 5.97 Å². The summed E-state index contributed by atoms with van der Waals surface area (Å²) < 4.78 is 25.6. The first-order valence-electron chi connectivity index (χ1n) is 8.04. The molecule has 0 fully saturated rings. The summed E-state index contributed by atoms with van der Waals surface area (Å²) in [5.74, 6) is 0.143. The van der Waals surface area contributed by atoms with Crippen LogP contribution in [-0.2, 0) is 9.53 Å². The highest BCUT2D eigenvalue weighted by molar-refractivity contribution is 6.32. The van der Waals surface area contributed by atoms with Gasteiger partial charge in [0.05, 0.1) is 33.5 Å². The van der Waals surface area contributed by atoms with E-state index in [1.165, 1.54) is 46.6 Å². The van der Waals surface area contributed by atoms with Gasteiger partial charge in [0, 0.05) is 17.8 Å². The van der Waals surface area contributed by atoms with Gasteiger partial charge in [-0.25, -0.2) is 4.79 Å². The molecule has 2 rings (SSSR count). The van der Waals surface area contributed by atoms with Crippen LogP contribution in [0.2, 0.25) is 5.02 Å². The Bertz CT molecular complexity index is 870. The summed E-state index contributed by atoms with van der Waals surface area (Å²) in [6.07, 6.45) is 0. The Labute approximate surface area is 167 Å². The molecule has 2 aromatic carbocycles. The van der Waals surface area contributed by atoms with E-state index < -0.39 is 18.5 Å². The molecule has 0 atom stereocenters. The average molecular weight is 410 g/mol. The van der Waals surface area contributed by atoms with Gasteiger partial charge in [0.15, 0.2) is 18.1 Å². The highest BCUT2D eigenvalue weighted by Gasteiger charge is 2.20. The van der Waals surface area contributed by atoms with Crippen molar-refractivity contribution >= 4 is 29.2 Å². The number of carbonyl (C=O) groups excluding carboxylic acids is 2. The van der Waals surface area contributed by atoms with E-state index in [-0.39, 0.29) is 11.3 Å². The third-order valence-electron chi connectivity index (χ3n) is 3.70. The molecule has 0 aromatic heterocycles. The maximum atomic E-state index is 12.4. The van der Waals surface area contributed by atoms with Crippen molar-refractivity contribution in [2.75, 3.05) is 40.4 Å². The molecule has 9 heteroatoms. The summed E-state index contributed by atoms with van der Waals surface area (Å²) in [4.78, 5) is 24.4. The van der Waals surface area contributed by atoms with Crippen LogP contribution in [0.1, 0.15) is 10.4 Å². The van der Waals surface area contributed by atoms with Gasteiger partial charge in [-0.1, -0.05) is 11.6 Å². The normalized spacial score (nSPS) is 10.0. The number of amides is 1. The molecule has 28 heavy (non-hydrogen) atoms. The number of esters is 1. The third-order valence-corrected chi connectivity index (χ3v) is 3.99. The van der Waals surface area contributed by atoms with E-state index in [1.807, 2.05) is 0 Å². The lowest BCUT2D eigenvalue weighted by Gasteiger charge is -2.13. The minimum Gasteiger partial charge on any atom is -0.496 e. The summed E-state index contributed by atoms with van der Waals surface area (Å²) in [6.45, 7) is -0.500. The van der Waals surface area contributed by atoms with Crippen molar-refractivity contribution in [1.82, 2.24) is 0 Å². The molecule has 150 valence electrons. The first-order chi connectivity index (χ1) is 13.4. The van der Waals surface area contributed by atoms with Crippen molar-refractivity contribution in [3.05, 3.63) is 40.9 Å². The number of rotatable bonds is 8. The molecule has 0 spiro atoms. The Morgan fingerprint density at radius 3 is 2.04 bits per heavy atom. The standard InChI is InChI=1S/C19H20ClNO7/c1-24-14-6-5-11(7-13(14)20)21-18(22)10-28-19(23)12-8-16(26-3)17(27-4)9-15(12)25-2/h5-9H,10H2,1-4H3,(H,21,22). The van der Waals surface area contributed by atoms with Crippen LogP contribution in [-0.4, -0.2) is 46.9 Å². The molecule has 0 radical (unpaired) electrons. The maximum absolute atomic E-state index is 12.4. The average Bonchev–Trinajstić information content (AvgIpc) is 2.71. The van der Waals surface area contributed by atoms with E-state index in [0.717, 1.165) is 0 Å². The Kier molecular flexibility index (Phi) is 7.34. The van der Waals surface area contributed by atoms with Gasteiger partial charge in [-0.3, -0.25) is 4.79 Å². The van der Waals surface area contributed by atoms with Gasteiger partial charge < -0.3 is 29.0 Å². The predicted molar refractivity (Wildman–Crippen MR) is 103 cm³/mol. The Morgan fingerprint density at radius 2 is 1.46 bits per heavy atom. The second-order valence-electron chi connectivity index (χ2n) is 5.38. The van der Waals surface area contributed by atoms with Crippen molar-refractivity contribution in [2.24, 2.45) is 0 Å². The van der Waals surface area contributed by atoms with Crippen LogP contribution < -0.4 is 24.3 Å². The largest absolute Gasteiger partial charge is 0.496 e. The Balaban J connectivity index is 2.05. The SMILES string of the molecule is COc1ccc(NC(=O)COC(=O)c2cc(OC)c(OC)cc2OC)cc1Cl. The van der Waals surface area contributed by atoms with Crippen LogP contribution in [0.4, 0.5) is 5.69 Å². The van der Waals surface area contributed by atoms with Crippen molar-refractivity contribution in [2.45, 2.75) is 0 Å². The topological polar surface area (TPSA) is 92.3 Å². The van der Waals surface area contributed by atoms with Gasteiger partial charge in [0.2, 0.25) is 0 Å². The predicted octanol–water partition coefficient (Wildman–Crippen LogP) is 3.17. The lowest BCUT2D eigenvalue weighted by Crippen LogP contribution is -2.21. The smallest absolute Gasteiger partial charge is 0.342 e. The molecule has 0 saturated heterocycles. The van der Waals surface area contributed by atoms with E-state index in [0.29, 0.717) is 28.0 Å². The fourth-order valence-corrected chi connectivity index (χ4v) is 2.60. The van der Waals surface area contributed by atoms with Gasteiger partial charge in [0.1, 0.15) is 17.1 Å². The van der Waals surface area contributed by atoms with Crippen LogP contribution in [0, 0.1) is 0 Å². The molecule has 0 saturated carbocycles. The number of carbonyl (C=O) groups is 2. The number of benzene rings is 2. The van der Waals surface area contributed by atoms with E-state index in [2.05, 4.69) is 5.32 Å². The quantitative estimate of drug-likeness (QED) is 0.669. The zero-order chi connectivity index (χ0) is 20.7. The second-order valence-corrected chi connectivity index (χ2v) is 5.79. The highest BCUT2D eigenvalue weighted by Crippen LogP contribution is 2.35. The molecule has 8 nitrogen and oxygen atoms in total. The summed E-state index contributed by atoms with van der Waals surface area (Å²) in [5, 5.41) is 2.92. The molecular weight excluding hydrogens is 390 g/mol. The lowest BCUT2D eigenvalue weighted by molar-refractivity contribution is -0.119. The summed E-state index contributed by atoms with van der Waals surface area (Å²) in [5.41, 5.74) is 0.538. The van der Waals surface area contributed by atoms with Crippen molar-refractivity contribution < 1.29 is 33.3 Å². The highest BCUT2D eigenvalue weighted by atomic mass is 35.5.